The fourth-order valence-corrected chi connectivity index (χ4v) is 6.92. The number of Topliss-reactive ketones (excluding diaryl/α,β-unsaturated/α-hetero) is 4. The third-order valence-corrected chi connectivity index (χ3v) is 10.4. The molecule has 1 N–H and O–H groups in total. The number of aryl methyl sites for hydroxylation is 1. The van der Waals surface area contributed by atoms with Crippen LogP contribution in [0.4, 0.5) is 0 Å². The van der Waals surface area contributed by atoms with Gasteiger partial charge in [0.25, 0.3) is 0 Å². The molecule has 0 spiro atoms. The first-order valence-corrected chi connectivity index (χ1v) is 23.3. The van der Waals surface area contributed by atoms with Crippen molar-refractivity contribution in [1.29, 1.82) is 0 Å². The van der Waals surface area contributed by atoms with E-state index in [9.17, 15) is 24.3 Å². The lowest BCUT2D eigenvalue weighted by Crippen LogP contribution is -2.16. The summed E-state index contributed by atoms with van der Waals surface area (Å²) in [6.45, 7) is 3.67. The molecule has 0 aromatic heterocycles. The summed E-state index contributed by atoms with van der Waals surface area (Å²) in [5, 5.41) is 9.36. The summed E-state index contributed by atoms with van der Waals surface area (Å²) < 4.78 is 26.4. The van der Waals surface area contributed by atoms with Gasteiger partial charge in [-0.3, -0.25) is 19.2 Å². The summed E-state index contributed by atoms with van der Waals surface area (Å²) >= 11 is 6.06. The molecule has 4 aromatic rings. The SMILES string of the molecule is C.COc1ccc(C(=O)CSC)cc1OC.CSCC(=O)c1ccc(C)c(O)c1.CSCC(=O)c1ccc2c(c1)OCC2.CSCC(=O)c1ccc2c(c1)OCCO2. The van der Waals surface area contributed by atoms with Crippen LogP contribution < -0.4 is 23.7 Å². The summed E-state index contributed by atoms with van der Waals surface area (Å²) in [4.78, 5) is 46.2. The molecular weight excluding hydrogens is 817 g/mol. The van der Waals surface area contributed by atoms with Crippen LogP contribution in [0.2, 0.25) is 0 Å². The van der Waals surface area contributed by atoms with Crippen LogP contribution in [0, 0.1) is 6.92 Å². The smallest absolute Gasteiger partial charge is 0.172 e. The van der Waals surface area contributed by atoms with Gasteiger partial charge in [0, 0.05) is 28.7 Å². The summed E-state index contributed by atoms with van der Waals surface area (Å²) in [6.07, 6.45) is 8.59. The molecule has 2 aliphatic rings. The number of phenolic OH excluding ortho intramolecular Hbond substituents is 1. The zero-order chi connectivity index (χ0) is 41.7. The molecule has 2 heterocycles. The number of rotatable bonds is 14. The van der Waals surface area contributed by atoms with Crippen molar-refractivity contribution in [3.8, 4) is 34.5 Å². The van der Waals surface area contributed by atoms with Gasteiger partial charge in [-0.05, 0) is 91.6 Å². The Hall–Kier alpha value is -4.24. The van der Waals surface area contributed by atoms with Crippen LogP contribution in [0.3, 0.4) is 0 Å². The summed E-state index contributed by atoms with van der Waals surface area (Å²) in [6, 6.07) is 21.3. The van der Waals surface area contributed by atoms with E-state index in [-0.39, 0.29) is 36.3 Å². The highest BCUT2D eigenvalue weighted by Crippen LogP contribution is 2.31. The molecule has 0 bridgehead atoms. The molecule has 4 aromatic carbocycles. The van der Waals surface area contributed by atoms with Crippen molar-refractivity contribution in [2.45, 2.75) is 20.8 Å². The Labute approximate surface area is 359 Å². The molecule has 0 aliphatic carbocycles. The average molecular weight is 871 g/mol. The highest BCUT2D eigenvalue weighted by Gasteiger charge is 2.16. The number of methoxy groups -OCH3 is 2. The number of hydrogen-bond acceptors (Lipinski definition) is 14. The number of phenols is 1. The van der Waals surface area contributed by atoms with E-state index in [1.54, 1.807) is 81.4 Å². The molecule has 0 atom stereocenters. The minimum absolute atomic E-state index is 0. The third-order valence-electron chi connectivity index (χ3n) is 8.22. The van der Waals surface area contributed by atoms with Crippen molar-refractivity contribution in [3.63, 3.8) is 0 Å². The van der Waals surface area contributed by atoms with Gasteiger partial charge in [-0.25, -0.2) is 0 Å². The number of hydrogen-bond donors (Lipinski definition) is 1. The van der Waals surface area contributed by atoms with Crippen LogP contribution in [0.25, 0.3) is 0 Å². The number of thioether (sulfide) groups is 4. The van der Waals surface area contributed by atoms with Gasteiger partial charge in [-0.1, -0.05) is 31.7 Å². The number of ketones is 4. The molecule has 10 nitrogen and oxygen atoms in total. The van der Waals surface area contributed by atoms with Gasteiger partial charge in [0.1, 0.15) is 24.7 Å². The lowest BCUT2D eigenvalue weighted by molar-refractivity contribution is 0.101. The molecule has 314 valence electrons. The van der Waals surface area contributed by atoms with Crippen LogP contribution in [-0.4, -0.2) is 110 Å². The van der Waals surface area contributed by atoms with Crippen molar-refractivity contribution in [2.75, 3.05) is 82.1 Å². The van der Waals surface area contributed by atoms with Gasteiger partial charge in [-0.15, -0.1) is 0 Å². The van der Waals surface area contributed by atoms with Gasteiger partial charge < -0.3 is 28.8 Å². The third kappa shape index (κ3) is 15.5. The number of carbonyl (C=O) groups is 4. The van der Waals surface area contributed by atoms with Crippen LogP contribution in [0.5, 0.6) is 34.5 Å². The van der Waals surface area contributed by atoms with Gasteiger partial charge >= 0.3 is 0 Å². The number of ether oxygens (including phenoxy) is 5. The number of carbonyl (C=O) groups excluding carboxylic acids is 4. The second-order valence-corrected chi connectivity index (χ2v) is 15.7. The Morgan fingerprint density at radius 3 is 1.50 bits per heavy atom. The molecule has 0 unspecified atom stereocenters. The van der Waals surface area contributed by atoms with Crippen LogP contribution in [-0.2, 0) is 6.42 Å². The summed E-state index contributed by atoms with van der Waals surface area (Å²) in [5.74, 6) is 6.14. The highest BCUT2D eigenvalue weighted by atomic mass is 32.2. The van der Waals surface area contributed by atoms with Crippen LogP contribution >= 0.6 is 47.0 Å². The van der Waals surface area contributed by atoms with Gasteiger partial charge in [0.2, 0.25) is 0 Å². The van der Waals surface area contributed by atoms with E-state index in [2.05, 4.69) is 0 Å². The second-order valence-electron chi connectivity index (χ2n) is 12.3. The van der Waals surface area contributed by atoms with Crippen molar-refractivity contribution >= 4 is 70.2 Å². The normalized spacial score (nSPS) is 11.6. The molecule has 6 rings (SSSR count). The first kappa shape index (κ1) is 49.9. The zero-order valence-corrected chi connectivity index (χ0v) is 36.6. The Balaban J connectivity index is 0.000000266. The second kappa shape index (κ2) is 26.7. The van der Waals surface area contributed by atoms with Gasteiger partial charge in [0.05, 0.1) is 43.8 Å². The lowest BCUT2D eigenvalue weighted by atomic mass is 10.1. The van der Waals surface area contributed by atoms with Crippen molar-refractivity contribution in [2.24, 2.45) is 0 Å². The predicted octanol–water partition coefficient (Wildman–Crippen LogP) is 9.30. The van der Waals surface area contributed by atoms with E-state index in [0.717, 1.165) is 35.7 Å². The maximum Gasteiger partial charge on any atom is 0.172 e. The number of aromatic hydroxyl groups is 1. The van der Waals surface area contributed by atoms with Crippen LogP contribution in [0.15, 0.2) is 72.8 Å². The first-order chi connectivity index (χ1) is 27.5. The quantitative estimate of drug-likeness (QED) is 0.121. The molecule has 0 saturated carbocycles. The maximum atomic E-state index is 11.6. The molecule has 0 amide bonds. The minimum atomic E-state index is 0. The fraction of sp³-hybridized carbons (Fsp3) is 0.364. The van der Waals surface area contributed by atoms with E-state index >= 15 is 0 Å². The number of fused-ring (bicyclic) bond motifs is 2. The molecule has 2 aliphatic heterocycles. The molecule has 0 radical (unpaired) electrons. The Morgan fingerprint density at radius 2 is 0.983 bits per heavy atom. The Morgan fingerprint density at radius 1 is 0.552 bits per heavy atom. The molecule has 0 saturated heterocycles. The summed E-state index contributed by atoms with van der Waals surface area (Å²) in [5.41, 5.74) is 4.69. The van der Waals surface area contributed by atoms with Gasteiger partial charge in [-0.2, -0.15) is 47.0 Å². The summed E-state index contributed by atoms with van der Waals surface area (Å²) in [7, 11) is 3.13. The fourth-order valence-electron chi connectivity index (χ4n) is 5.21. The predicted molar refractivity (Wildman–Crippen MR) is 243 cm³/mol. The Bertz CT molecular complexity index is 1910. The number of benzene rings is 4. The molecular formula is C44H54O10S4. The van der Waals surface area contributed by atoms with Crippen molar-refractivity contribution < 1.29 is 48.0 Å². The minimum Gasteiger partial charge on any atom is -0.508 e. The maximum absolute atomic E-state index is 11.6. The van der Waals surface area contributed by atoms with E-state index in [4.69, 9.17) is 23.7 Å². The lowest BCUT2D eigenvalue weighted by Gasteiger charge is -2.18. The Kier molecular flexibility index (Phi) is 23.0. The average Bonchev–Trinajstić information content (AvgIpc) is 3.71. The highest BCUT2D eigenvalue weighted by molar-refractivity contribution is 7.99. The van der Waals surface area contributed by atoms with E-state index in [1.807, 2.05) is 43.2 Å². The standard InChI is InChI=1S/C11H12O3S.C11H14O3S.C11H12O2S.C10H12O2S.CH4/c1-15-7-9(12)8-2-3-10-11(6-8)14-5-4-13-10;1-13-10-5-4-8(6-11(10)14-2)9(12)7-15-3;1-14-7-10(12)9-3-2-8-4-5-13-11(8)6-9;1-7-3-4-8(5-9(7)11)10(12)6-13-2;/h2-3,6H,4-5,7H2,1H3;4-6H,7H2,1-3H3;2-3,6H,4-5,7H2,1H3;3-5,11H,6H2,1-2H3;1H4. The van der Waals surface area contributed by atoms with Gasteiger partial charge in [0.15, 0.2) is 46.1 Å². The topological polar surface area (TPSA) is 135 Å². The van der Waals surface area contributed by atoms with Crippen molar-refractivity contribution in [3.05, 3.63) is 106 Å². The van der Waals surface area contributed by atoms with Crippen LogP contribution in [0.1, 0.15) is 60.0 Å². The molecule has 0 fully saturated rings. The monoisotopic (exact) mass is 870 g/mol. The zero-order valence-electron chi connectivity index (χ0n) is 33.3. The van der Waals surface area contributed by atoms with E-state index in [0.29, 0.717) is 70.2 Å². The first-order valence-electron chi connectivity index (χ1n) is 17.8. The largest absolute Gasteiger partial charge is 0.508 e. The van der Waals surface area contributed by atoms with E-state index < -0.39 is 0 Å². The molecule has 14 heteroatoms. The van der Waals surface area contributed by atoms with Crippen molar-refractivity contribution in [1.82, 2.24) is 0 Å². The molecule has 58 heavy (non-hydrogen) atoms. The van der Waals surface area contributed by atoms with E-state index in [1.165, 1.54) is 46.9 Å².